The predicted octanol–water partition coefficient (Wildman–Crippen LogP) is 5.63. The van der Waals surface area contributed by atoms with Gasteiger partial charge in [0.05, 0.1) is 29.6 Å². The molecule has 0 aromatic heterocycles. The highest BCUT2D eigenvalue weighted by atomic mass is 32.1. The van der Waals surface area contributed by atoms with Crippen LogP contribution < -0.4 is 19.9 Å². The standard InChI is InChI=1S/C20H19F6N3O2S/c1-12(19(21,22)23)9-10-27-18(30)16-8-3-13(20(24,25)26)11-17(16)28-29(32)14-4-6-15(31-2)7-5-14/h3-8,11,28,32H,1,9-10H2,2H3,(H,27,30). The van der Waals surface area contributed by atoms with Crippen molar-refractivity contribution in [3.8, 4) is 5.75 Å². The molecule has 0 aliphatic carbocycles. The summed E-state index contributed by atoms with van der Waals surface area (Å²) >= 11 is 4.18. The molecular formula is C20H19F6N3O2S. The fraction of sp³-hybridized carbons (Fsp3) is 0.250. The van der Waals surface area contributed by atoms with Crippen molar-refractivity contribution in [3.63, 3.8) is 0 Å². The first-order chi connectivity index (χ1) is 14.8. The van der Waals surface area contributed by atoms with E-state index in [1.54, 1.807) is 24.3 Å². The lowest BCUT2D eigenvalue weighted by Gasteiger charge is -2.23. The maximum absolute atomic E-state index is 13.2. The summed E-state index contributed by atoms with van der Waals surface area (Å²) in [5.41, 5.74) is 0.458. The third-order valence-electron chi connectivity index (χ3n) is 4.25. The number of halogens is 6. The second-order valence-electron chi connectivity index (χ2n) is 6.49. The largest absolute Gasteiger partial charge is 0.497 e. The lowest BCUT2D eigenvalue weighted by Crippen LogP contribution is -2.29. The van der Waals surface area contributed by atoms with Crippen molar-refractivity contribution in [2.24, 2.45) is 0 Å². The van der Waals surface area contributed by atoms with E-state index >= 15 is 0 Å². The summed E-state index contributed by atoms with van der Waals surface area (Å²) < 4.78 is 83.1. The highest BCUT2D eigenvalue weighted by molar-refractivity contribution is 7.81. The first-order valence-electron chi connectivity index (χ1n) is 8.97. The molecule has 0 aliphatic heterocycles. The number of thiol groups is 1. The Kier molecular flexibility index (Phi) is 7.94. The number of nitrogens with zero attached hydrogens (tertiary/aromatic N) is 1. The Morgan fingerprint density at radius 2 is 1.72 bits per heavy atom. The number of ether oxygens (including phenoxy) is 1. The molecule has 0 aliphatic rings. The number of rotatable bonds is 8. The van der Waals surface area contributed by atoms with Crippen LogP contribution in [0.4, 0.5) is 37.7 Å². The fourth-order valence-corrected chi connectivity index (χ4v) is 2.72. The molecule has 0 heterocycles. The van der Waals surface area contributed by atoms with Gasteiger partial charge in [0.2, 0.25) is 0 Å². The molecular weight excluding hydrogens is 460 g/mol. The van der Waals surface area contributed by atoms with Gasteiger partial charge in [0.15, 0.2) is 0 Å². The van der Waals surface area contributed by atoms with E-state index in [4.69, 9.17) is 4.74 Å². The van der Waals surface area contributed by atoms with Gasteiger partial charge in [-0.25, -0.2) is 4.41 Å². The van der Waals surface area contributed by atoms with Gasteiger partial charge in [0.1, 0.15) is 5.75 Å². The molecule has 5 nitrogen and oxygen atoms in total. The Hall–Kier alpha value is -3.02. The number of hydrazine groups is 1. The van der Waals surface area contributed by atoms with Crippen molar-refractivity contribution < 1.29 is 35.9 Å². The highest BCUT2D eigenvalue weighted by Gasteiger charge is 2.32. The lowest BCUT2D eigenvalue weighted by atomic mass is 10.1. The zero-order valence-corrected chi connectivity index (χ0v) is 17.5. The number of alkyl halides is 6. The van der Waals surface area contributed by atoms with Crippen molar-refractivity contribution in [3.05, 3.63) is 65.7 Å². The molecule has 174 valence electrons. The molecule has 1 amide bonds. The average molecular weight is 479 g/mol. The number of amides is 1. The zero-order chi connectivity index (χ0) is 24.1. The molecule has 0 atom stereocenters. The van der Waals surface area contributed by atoms with Gasteiger partial charge in [0.25, 0.3) is 5.91 Å². The summed E-state index contributed by atoms with van der Waals surface area (Å²) in [6, 6.07) is 8.64. The van der Waals surface area contributed by atoms with Crippen LogP contribution in [0.15, 0.2) is 54.6 Å². The number of nitrogens with one attached hydrogen (secondary N) is 2. The molecule has 0 saturated heterocycles. The minimum atomic E-state index is -4.68. The van der Waals surface area contributed by atoms with E-state index in [-0.39, 0.29) is 11.3 Å². The van der Waals surface area contributed by atoms with E-state index < -0.39 is 42.4 Å². The Balaban J connectivity index is 2.24. The van der Waals surface area contributed by atoms with Gasteiger partial charge in [-0.15, -0.1) is 0 Å². The van der Waals surface area contributed by atoms with Gasteiger partial charge in [-0.3, -0.25) is 10.2 Å². The Labute approximate surface area is 185 Å². The molecule has 0 spiro atoms. The molecule has 12 heteroatoms. The number of methoxy groups -OCH3 is 1. The molecule has 0 bridgehead atoms. The van der Waals surface area contributed by atoms with Crippen LogP contribution in [-0.4, -0.2) is 25.7 Å². The molecule has 0 unspecified atom stereocenters. The Bertz CT molecular complexity index is 961. The quantitative estimate of drug-likeness (QED) is 0.199. The number of benzene rings is 2. The summed E-state index contributed by atoms with van der Waals surface area (Å²) in [5, 5.41) is 2.25. The maximum Gasteiger partial charge on any atom is 0.416 e. The number of hydrogen-bond acceptors (Lipinski definition) is 5. The van der Waals surface area contributed by atoms with E-state index in [2.05, 4.69) is 30.1 Å². The summed E-state index contributed by atoms with van der Waals surface area (Å²) in [7, 11) is 1.46. The Morgan fingerprint density at radius 3 is 2.25 bits per heavy atom. The van der Waals surface area contributed by atoms with Gasteiger partial charge in [-0.2, -0.15) is 26.3 Å². The SMILES string of the molecule is C=C(CCNC(=O)c1ccc(C(F)(F)F)cc1NN(S)c1ccc(OC)cc1)C(F)(F)F. The molecule has 0 saturated carbocycles. The lowest BCUT2D eigenvalue weighted by molar-refractivity contribution is -0.137. The normalized spacial score (nSPS) is 11.6. The van der Waals surface area contributed by atoms with Crippen molar-refractivity contribution in [1.29, 1.82) is 0 Å². The summed E-state index contributed by atoms with van der Waals surface area (Å²) in [4.78, 5) is 12.5. The first kappa shape index (κ1) is 25.2. The van der Waals surface area contributed by atoms with Gasteiger partial charge in [-0.1, -0.05) is 6.58 Å². The summed E-state index contributed by atoms with van der Waals surface area (Å²) in [6.07, 6.45) is -9.85. The van der Waals surface area contributed by atoms with Gasteiger partial charge < -0.3 is 10.1 Å². The predicted molar refractivity (Wildman–Crippen MR) is 112 cm³/mol. The van der Waals surface area contributed by atoms with E-state index in [0.29, 0.717) is 23.6 Å². The van der Waals surface area contributed by atoms with Gasteiger partial charge in [0, 0.05) is 12.1 Å². The van der Waals surface area contributed by atoms with Gasteiger partial charge in [-0.05, 0) is 61.7 Å². The minimum absolute atomic E-state index is 0.219. The highest BCUT2D eigenvalue weighted by Crippen LogP contribution is 2.33. The summed E-state index contributed by atoms with van der Waals surface area (Å²) in [6.45, 7) is 2.50. The van der Waals surface area contributed by atoms with Crippen molar-refractivity contribution in [1.82, 2.24) is 5.32 Å². The third-order valence-corrected chi connectivity index (χ3v) is 4.58. The van der Waals surface area contributed by atoms with E-state index in [9.17, 15) is 31.1 Å². The third kappa shape index (κ3) is 6.74. The molecule has 32 heavy (non-hydrogen) atoms. The number of anilines is 2. The second kappa shape index (κ2) is 10.1. The van der Waals surface area contributed by atoms with Crippen LogP contribution in [0.2, 0.25) is 0 Å². The number of hydrogen-bond donors (Lipinski definition) is 3. The molecule has 2 N–H and O–H groups in total. The van der Waals surface area contributed by atoms with Crippen LogP contribution in [0.5, 0.6) is 5.75 Å². The molecule has 2 aromatic rings. The number of carbonyl (C=O) groups excluding carboxylic acids is 1. The minimum Gasteiger partial charge on any atom is -0.497 e. The molecule has 2 aromatic carbocycles. The fourth-order valence-electron chi connectivity index (χ4n) is 2.48. The van der Waals surface area contributed by atoms with Crippen LogP contribution in [-0.2, 0) is 6.18 Å². The maximum atomic E-state index is 13.2. The van der Waals surface area contributed by atoms with Crippen LogP contribution in [0.1, 0.15) is 22.3 Å². The van der Waals surface area contributed by atoms with Crippen molar-refractivity contribution >= 4 is 30.1 Å². The van der Waals surface area contributed by atoms with Crippen molar-refractivity contribution in [2.45, 2.75) is 18.8 Å². The van der Waals surface area contributed by atoms with E-state index in [1.807, 2.05) is 0 Å². The molecule has 0 fully saturated rings. The zero-order valence-electron chi connectivity index (χ0n) is 16.6. The topological polar surface area (TPSA) is 53.6 Å². The smallest absolute Gasteiger partial charge is 0.416 e. The summed E-state index contributed by atoms with van der Waals surface area (Å²) in [5.74, 6) is -0.331. The van der Waals surface area contributed by atoms with Crippen LogP contribution in [0, 0.1) is 0 Å². The van der Waals surface area contributed by atoms with Crippen LogP contribution in [0.3, 0.4) is 0 Å². The van der Waals surface area contributed by atoms with Gasteiger partial charge >= 0.3 is 12.4 Å². The number of carbonyl (C=O) groups is 1. The average Bonchev–Trinajstić information content (AvgIpc) is 2.72. The second-order valence-corrected chi connectivity index (χ2v) is 6.89. The van der Waals surface area contributed by atoms with Crippen molar-refractivity contribution in [2.75, 3.05) is 23.5 Å². The molecule has 0 radical (unpaired) electrons. The Morgan fingerprint density at radius 1 is 1.09 bits per heavy atom. The van der Waals surface area contributed by atoms with E-state index in [0.717, 1.165) is 10.5 Å². The first-order valence-corrected chi connectivity index (χ1v) is 9.37. The van der Waals surface area contributed by atoms with Crippen LogP contribution in [0.25, 0.3) is 0 Å². The monoisotopic (exact) mass is 479 g/mol. The van der Waals surface area contributed by atoms with E-state index in [1.165, 1.54) is 7.11 Å². The molecule has 2 rings (SSSR count). The van der Waals surface area contributed by atoms with Crippen LogP contribution >= 0.6 is 12.8 Å².